The van der Waals surface area contributed by atoms with Gasteiger partial charge in [0.2, 0.25) is 0 Å². The molecule has 5 nitrogen and oxygen atoms in total. The summed E-state index contributed by atoms with van der Waals surface area (Å²) in [6.07, 6.45) is -2.52. The summed E-state index contributed by atoms with van der Waals surface area (Å²) < 4.78 is 36.4. The molecule has 0 unspecified atom stereocenters. The number of nitrogens with two attached hydrogens (primary N) is 1. The molecule has 0 fully saturated rings. The van der Waals surface area contributed by atoms with E-state index < -0.39 is 6.43 Å². The first-order chi connectivity index (χ1) is 14.1. The number of nitrogens with zero attached hydrogens (tertiary/aromatic N) is 1. The van der Waals surface area contributed by atoms with Crippen LogP contribution in [0.3, 0.4) is 0 Å². The molecule has 0 saturated carbocycles. The lowest BCUT2D eigenvalue weighted by molar-refractivity contribution is 0.150. The highest BCUT2D eigenvalue weighted by molar-refractivity contribution is 5.97. The maximum Gasteiger partial charge on any atom is 0.263 e. The van der Waals surface area contributed by atoms with Gasteiger partial charge >= 0.3 is 0 Å². The summed E-state index contributed by atoms with van der Waals surface area (Å²) in [7, 11) is 0. The minimum Gasteiger partial charge on any atom is -0.490 e. The third-order valence-corrected chi connectivity index (χ3v) is 4.21. The van der Waals surface area contributed by atoms with Gasteiger partial charge in [0.15, 0.2) is 5.84 Å². The first kappa shape index (κ1) is 20.1. The first-order valence-corrected chi connectivity index (χ1v) is 8.89. The summed E-state index contributed by atoms with van der Waals surface area (Å²) in [5.74, 6) is 1.12. The van der Waals surface area contributed by atoms with Crippen LogP contribution in [-0.4, -0.2) is 24.3 Å². The summed E-state index contributed by atoms with van der Waals surface area (Å²) in [4.78, 5) is 0. The summed E-state index contributed by atoms with van der Waals surface area (Å²) in [5, 5.41) is 11.7. The molecule has 3 aromatic carbocycles. The predicted octanol–water partition coefficient (Wildman–Crippen LogP) is 4.84. The van der Waals surface area contributed by atoms with Crippen molar-refractivity contribution in [2.24, 2.45) is 10.9 Å². The average Bonchev–Trinajstić information content (AvgIpc) is 2.77. The summed E-state index contributed by atoms with van der Waals surface area (Å²) in [5.41, 5.74) is 8.09. The van der Waals surface area contributed by atoms with Gasteiger partial charge in [-0.1, -0.05) is 53.7 Å². The van der Waals surface area contributed by atoms with E-state index in [1.54, 1.807) is 18.2 Å². The Morgan fingerprint density at radius 2 is 1.45 bits per heavy atom. The highest BCUT2D eigenvalue weighted by Gasteiger charge is 2.07. The van der Waals surface area contributed by atoms with Crippen LogP contribution in [0.1, 0.15) is 17.6 Å². The molecule has 0 spiro atoms. The molecule has 0 aliphatic rings. The van der Waals surface area contributed by atoms with Crippen molar-refractivity contribution in [2.45, 2.75) is 6.43 Å². The van der Waals surface area contributed by atoms with Gasteiger partial charge in [0.25, 0.3) is 6.43 Å². The van der Waals surface area contributed by atoms with Crippen LogP contribution in [0.15, 0.2) is 78.0 Å². The van der Waals surface area contributed by atoms with E-state index >= 15 is 0 Å². The average molecular weight is 398 g/mol. The molecule has 3 N–H and O–H groups in total. The van der Waals surface area contributed by atoms with Crippen LogP contribution in [0, 0.1) is 0 Å². The highest BCUT2D eigenvalue weighted by atomic mass is 19.3. The van der Waals surface area contributed by atoms with Crippen LogP contribution in [-0.2, 0) is 0 Å². The van der Waals surface area contributed by atoms with Crippen molar-refractivity contribution in [3.63, 3.8) is 0 Å². The second-order valence-electron chi connectivity index (χ2n) is 6.16. The summed E-state index contributed by atoms with van der Waals surface area (Å²) in [6.45, 7) is 0.524. The molecule has 0 radical (unpaired) electrons. The normalized spacial score (nSPS) is 11.5. The van der Waals surface area contributed by atoms with Crippen LogP contribution >= 0.6 is 0 Å². The number of ether oxygens (including phenoxy) is 2. The fourth-order valence-corrected chi connectivity index (χ4v) is 2.69. The third kappa shape index (κ3) is 5.44. The highest BCUT2D eigenvalue weighted by Crippen LogP contribution is 2.24. The number of alkyl halides is 2. The Bertz CT molecular complexity index is 959. The molecule has 0 heterocycles. The summed E-state index contributed by atoms with van der Waals surface area (Å²) >= 11 is 0. The smallest absolute Gasteiger partial charge is 0.263 e. The number of oxime groups is 1. The topological polar surface area (TPSA) is 77.1 Å². The zero-order valence-electron chi connectivity index (χ0n) is 15.5. The van der Waals surface area contributed by atoms with E-state index in [1.807, 2.05) is 36.4 Å². The number of halogens is 2. The number of hydrogen-bond acceptors (Lipinski definition) is 4. The van der Waals surface area contributed by atoms with E-state index in [9.17, 15) is 8.78 Å². The van der Waals surface area contributed by atoms with Crippen molar-refractivity contribution in [2.75, 3.05) is 13.2 Å². The minimum absolute atomic E-state index is 0.0587. The van der Waals surface area contributed by atoms with Gasteiger partial charge in [-0.05, 0) is 35.4 Å². The molecule has 29 heavy (non-hydrogen) atoms. The molecule has 0 aliphatic carbocycles. The molecule has 0 atom stereocenters. The quantitative estimate of drug-likeness (QED) is 0.187. The van der Waals surface area contributed by atoms with Crippen LogP contribution < -0.4 is 15.2 Å². The van der Waals surface area contributed by atoms with Gasteiger partial charge in [-0.15, -0.1) is 0 Å². The van der Waals surface area contributed by atoms with E-state index in [4.69, 9.17) is 20.4 Å². The first-order valence-electron chi connectivity index (χ1n) is 8.89. The molecular weight excluding hydrogens is 378 g/mol. The third-order valence-electron chi connectivity index (χ3n) is 4.21. The number of rotatable bonds is 8. The van der Waals surface area contributed by atoms with Gasteiger partial charge in [-0.3, -0.25) is 0 Å². The van der Waals surface area contributed by atoms with Crippen LogP contribution in [0.25, 0.3) is 11.1 Å². The fourth-order valence-electron chi connectivity index (χ4n) is 2.69. The Hall–Kier alpha value is -3.61. The minimum atomic E-state index is -2.52. The predicted molar refractivity (Wildman–Crippen MR) is 107 cm³/mol. The molecule has 0 aromatic heterocycles. The molecule has 0 aliphatic heterocycles. The lowest BCUT2D eigenvalue weighted by atomic mass is 10.0. The lowest BCUT2D eigenvalue weighted by Gasteiger charge is -2.10. The number of benzene rings is 3. The maximum absolute atomic E-state index is 12.7. The maximum atomic E-state index is 12.7. The van der Waals surface area contributed by atoms with Gasteiger partial charge in [-0.25, -0.2) is 8.78 Å². The Labute approximate surface area is 167 Å². The van der Waals surface area contributed by atoms with Gasteiger partial charge in [0.1, 0.15) is 24.7 Å². The van der Waals surface area contributed by atoms with Crippen LogP contribution in [0.4, 0.5) is 8.78 Å². The molecule has 0 amide bonds. The van der Waals surface area contributed by atoms with Crippen molar-refractivity contribution < 1.29 is 23.5 Å². The monoisotopic (exact) mass is 398 g/mol. The van der Waals surface area contributed by atoms with Gasteiger partial charge in [0, 0.05) is 11.1 Å². The zero-order chi connectivity index (χ0) is 20.6. The Balaban J connectivity index is 1.51. The molecule has 3 rings (SSSR count). The molecule has 0 saturated heterocycles. The van der Waals surface area contributed by atoms with Crippen molar-refractivity contribution in [1.29, 1.82) is 0 Å². The molecule has 7 heteroatoms. The van der Waals surface area contributed by atoms with E-state index in [1.165, 1.54) is 18.2 Å². The standard InChI is InChI=1S/C22H20F2N2O3/c23-21(24)18-2-1-3-20(14-18)29-13-12-28-19-10-8-16(9-11-19)15-4-6-17(7-5-15)22(25)26-27/h1-11,14,21,27H,12-13H2,(H2,25,26). The second-order valence-corrected chi connectivity index (χ2v) is 6.16. The van der Waals surface area contributed by atoms with Crippen LogP contribution in [0.5, 0.6) is 11.5 Å². The second kappa shape index (κ2) is 9.54. The number of hydrogen-bond donors (Lipinski definition) is 2. The van der Waals surface area contributed by atoms with E-state index in [-0.39, 0.29) is 24.6 Å². The van der Waals surface area contributed by atoms with Crippen molar-refractivity contribution in [3.05, 3.63) is 83.9 Å². The van der Waals surface area contributed by atoms with Gasteiger partial charge in [0.05, 0.1) is 0 Å². The fraction of sp³-hybridized carbons (Fsp3) is 0.136. The van der Waals surface area contributed by atoms with E-state index in [2.05, 4.69) is 5.16 Å². The molecule has 3 aromatic rings. The SMILES string of the molecule is N/C(=N/O)c1ccc(-c2ccc(OCCOc3cccc(C(F)F)c3)cc2)cc1. The number of amidine groups is 1. The Morgan fingerprint density at radius 1 is 0.862 bits per heavy atom. The lowest BCUT2D eigenvalue weighted by Crippen LogP contribution is -2.12. The molecule has 0 bridgehead atoms. The molecular formula is C22H20F2N2O3. The van der Waals surface area contributed by atoms with E-state index in [0.29, 0.717) is 17.1 Å². The Morgan fingerprint density at radius 3 is 2.03 bits per heavy atom. The van der Waals surface area contributed by atoms with Crippen molar-refractivity contribution >= 4 is 5.84 Å². The van der Waals surface area contributed by atoms with E-state index in [0.717, 1.165) is 11.1 Å². The zero-order valence-corrected chi connectivity index (χ0v) is 15.5. The summed E-state index contributed by atoms with van der Waals surface area (Å²) in [6, 6.07) is 20.7. The Kier molecular flexibility index (Phi) is 6.63. The van der Waals surface area contributed by atoms with Crippen molar-refractivity contribution in [1.82, 2.24) is 0 Å². The van der Waals surface area contributed by atoms with Gasteiger partial charge < -0.3 is 20.4 Å². The van der Waals surface area contributed by atoms with Crippen molar-refractivity contribution in [3.8, 4) is 22.6 Å². The van der Waals surface area contributed by atoms with Crippen LogP contribution in [0.2, 0.25) is 0 Å². The molecule has 150 valence electrons. The van der Waals surface area contributed by atoms with Gasteiger partial charge in [-0.2, -0.15) is 0 Å². The largest absolute Gasteiger partial charge is 0.490 e.